The molecule has 0 aliphatic carbocycles. The Bertz CT molecular complexity index is 549. The number of aliphatic hydroxyl groups is 1. The van der Waals surface area contributed by atoms with Crippen LogP contribution in [-0.2, 0) is 0 Å². The topological polar surface area (TPSA) is 37.3 Å². The molecule has 0 fully saturated rings. The molecule has 0 aliphatic rings. The number of Topliss-reactive ketones (excluding diaryl/α,β-unsaturated/α-hetero) is 1. The lowest BCUT2D eigenvalue weighted by atomic mass is 9.90. The third-order valence-corrected chi connectivity index (χ3v) is 3.41. The molecule has 0 saturated carbocycles. The van der Waals surface area contributed by atoms with Gasteiger partial charge in [0.15, 0.2) is 5.78 Å². The molecule has 2 aromatic rings. The first kappa shape index (κ1) is 13.8. The van der Waals surface area contributed by atoms with Crippen LogP contribution in [0.15, 0.2) is 54.6 Å². The summed E-state index contributed by atoms with van der Waals surface area (Å²) in [5.74, 6) is -0.563. The molecule has 98 valence electrons. The molecule has 2 nitrogen and oxygen atoms in total. The third-order valence-electron chi connectivity index (χ3n) is 3.16. The van der Waals surface area contributed by atoms with Gasteiger partial charge in [-0.3, -0.25) is 4.79 Å². The van der Waals surface area contributed by atoms with Crippen LogP contribution in [0.25, 0.3) is 0 Å². The molecule has 2 unspecified atom stereocenters. The number of carbonyl (C=O) groups is 1. The zero-order valence-corrected chi connectivity index (χ0v) is 11.3. The van der Waals surface area contributed by atoms with E-state index < -0.39 is 12.0 Å². The first-order chi connectivity index (χ1) is 9.09. The van der Waals surface area contributed by atoms with Gasteiger partial charge >= 0.3 is 0 Å². The van der Waals surface area contributed by atoms with Crippen LogP contribution in [0.3, 0.4) is 0 Å². The summed E-state index contributed by atoms with van der Waals surface area (Å²) >= 11 is 5.81. The first-order valence-corrected chi connectivity index (χ1v) is 6.50. The zero-order chi connectivity index (χ0) is 13.8. The molecule has 2 aromatic carbocycles. The molecular formula is C16H15ClO2. The fourth-order valence-electron chi connectivity index (χ4n) is 1.96. The summed E-state index contributed by atoms with van der Waals surface area (Å²) in [5, 5.41) is 10.9. The summed E-state index contributed by atoms with van der Waals surface area (Å²) in [6.07, 6.45) is -0.829. The largest absolute Gasteiger partial charge is 0.388 e. The SMILES string of the molecule is CC(C(=O)c1ccccc1)C(O)c1ccc(Cl)cc1. The Morgan fingerprint density at radius 3 is 2.21 bits per heavy atom. The van der Waals surface area contributed by atoms with Gasteiger partial charge in [0.25, 0.3) is 0 Å². The summed E-state index contributed by atoms with van der Waals surface area (Å²) in [4.78, 5) is 12.2. The molecule has 0 amide bonds. The van der Waals surface area contributed by atoms with Crippen molar-refractivity contribution >= 4 is 17.4 Å². The Labute approximate surface area is 117 Å². The second-order valence-corrected chi connectivity index (χ2v) is 4.95. The standard InChI is InChI=1S/C16H15ClO2/c1-11(15(18)12-5-3-2-4-6-12)16(19)13-7-9-14(17)10-8-13/h2-11,16,19H,1H3. The van der Waals surface area contributed by atoms with Crippen molar-refractivity contribution in [3.63, 3.8) is 0 Å². The molecule has 2 atom stereocenters. The second kappa shape index (κ2) is 6.00. The lowest BCUT2D eigenvalue weighted by Gasteiger charge is -2.18. The highest BCUT2D eigenvalue weighted by molar-refractivity contribution is 6.30. The summed E-state index contributed by atoms with van der Waals surface area (Å²) in [6.45, 7) is 1.73. The van der Waals surface area contributed by atoms with Crippen molar-refractivity contribution in [2.75, 3.05) is 0 Å². The Kier molecular flexibility index (Phi) is 4.35. The van der Waals surface area contributed by atoms with Gasteiger partial charge in [-0.15, -0.1) is 0 Å². The fourth-order valence-corrected chi connectivity index (χ4v) is 2.08. The number of aliphatic hydroxyl groups excluding tert-OH is 1. The molecule has 0 heterocycles. The normalized spacial score (nSPS) is 13.8. The average Bonchev–Trinajstić information content (AvgIpc) is 2.46. The van der Waals surface area contributed by atoms with Crippen LogP contribution in [0, 0.1) is 5.92 Å². The van der Waals surface area contributed by atoms with Crippen molar-refractivity contribution < 1.29 is 9.90 Å². The minimum atomic E-state index is -0.829. The molecule has 0 radical (unpaired) electrons. The maximum Gasteiger partial charge on any atom is 0.168 e. The molecule has 3 heteroatoms. The van der Waals surface area contributed by atoms with Crippen LogP contribution in [0.2, 0.25) is 5.02 Å². The van der Waals surface area contributed by atoms with E-state index in [4.69, 9.17) is 11.6 Å². The predicted molar refractivity (Wildman–Crippen MR) is 76.3 cm³/mol. The first-order valence-electron chi connectivity index (χ1n) is 6.12. The van der Waals surface area contributed by atoms with Gasteiger partial charge in [-0.25, -0.2) is 0 Å². The number of rotatable bonds is 4. The molecular weight excluding hydrogens is 260 g/mol. The third kappa shape index (κ3) is 3.22. The molecule has 0 spiro atoms. The predicted octanol–water partition coefficient (Wildman–Crippen LogP) is 3.89. The maximum atomic E-state index is 12.2. The zero-order valence-electron chi connectivity index (χ0n) is 10.6. The fraction of sp³-hybridized carbons (Fsp3) is 0.188. The van der Waals surface area contributed by atoms with Crippen molar-refractivity contribution in [1.82, 2.24) is 0 Å². The average molecular weight is 275 g/mol. The summed E-state index contributed by atoms with van der Waals surface area (Å²) in [7, 11) is 0. The van der Waals surface area contributed by atoms with Crippen molar-refractivity contribution in [1.29, 1.82) is 0 Å². The van der Waals surface area contributed by atoms with Gasteiger partial charge < -0.3 is 5.11 Å². The van der Waals surface area contributed by atoms with Gasteiger partial charge in [0.1, 0.15) is 0 Å². The van der Waals surface area contributed by atoms with Crippen molar-refractivity contribution in [3.05, 3.63) is 70.7 Å². The van der Waals surface area contributed by atoms with Crippen LogP contribution in [0.5, 0.6) is 0 Å². The number of benzene rings is 2. The van der Waals surface area contributed by atoms with Gasteiger partial charge in [0.2, 0.25) is 0 Å². The smallest absolute Gasteiger partial charge is 0.168 e. The summed E-state index contributed by atoms with van der Waals surface area (Å²) < 4.78 is 0. The number of carbonyl (C=O) groups excluding carboxylic acids is 1. The minimum Gasteiger partial charge on any atom is -0.388 e. The van der Waals surface area contributed by atoms with Crippen LogP contribution in [-0.4, -0.2) is 10.9 Å². The molecule has 2 rings (SSSR count). The van der Waals surface area contributed by atoms with Crippen molar-refractivity contribution in [2.45, 2.75) is 13.0 Å². The molecule has 0 aromatic heterocycles. The van der Waals surface area contributed by atoms with E-state index >= 15 is 0 Å². The van der Waals surface area contributed by atoms with E-state index in [0.717, 1.165) is 0 Å². The van der Waals surface area contributed by atoms with Gasteiger partial charge in [0.05, 0.1) is 6.10 Å². The Morgan fingerprint density at radius 1 is 1.05 bits per heavy atom. The lowest BCUT2D eigenvalue weighted by molar-refractivity contribution is 0.0714. The van der Waals surface area contributed by atoms with Crippen molar-refractivity contribution in [3.8, 4) is 0 Å². The quantitative estimate of drug-likeness (QED) is 0.859. The van der Waals surface area contributed by atoms with Gasteiger partial charge in [0, 0.05) is 16.5 Å². The lowest BCUT2D eigenvalue weighted by Crippen LogP contribution is -2.19. The van der Waals surface area contributed by atoms with Gasteiger partial charge in [-0.05, 0) is 17.7 Å². The highest BCUT2D eigenvalue weighted by Gasteiger charge is 2.24. The van der Waals surface area contributed by atoms with E-state index in [1.54, 1.807) is 43.3 Å². The van der Waals surface area contributed by atoms with E-state index in [-0.39, 0.29) is 5.78 Å². The Balaban J connectivity index is 2.17. The molecule has 0 saturated heterocycles. The van der Waals surface area contributed by atoms with E-state index in [2.05, 4.69) is 0 Å². The second-order valence-electron chi connectivity index (χ2n) is 4.52. The molecule has 19 heavy (non-hydrogen) atoms. The van der Waals surface area contributed by atoms with Crippen LogP contribution < -0.4 is 0 Å². The minimum absolute atomic E-state index is 0.0666. The molecule has 0 bridgehead atoms. The number of ketones is 1. The Morgan fingerprint density at radius 2 is 1.63 bits per heavy atom. The van der Waals surface area contributed by atoms with Gasteiger partial charge in [-0.1, -0.05) is 61.0 Å². The van der Waals surface area contributed by atoms with Crippen LogP contribution in [0.4, 0.5) is 0 Å². The van der Waals surface area contributed by atoms with Crippen LogP contribution >= 0.6 is 11.6 Å². The van der Waals surface area contributed by atoms with Crippen molar-refractivity contribution in [2.24, 2.45) is 5.92 Å². The monoisotopic (exact) mass is 274 g/mol. The van der Waals surface area contributed by atoms with E-state index in [9.17, 15) is 9.90 Å². The van der Waals surface area contributed by atoms with E-state index in [0.29, 0.717) is 16.1 Å². The number of hydrogen-bond acceptors (Lipinski definition) is 2. The maximum absolute atomic E-state index is 12.2. The summed E-state index contributed by atoms with van der Waals surface area (Å²) in [5.41, 5.74) is 1.31. The number of halogens is 1. The highest BCUT2D eigenvalue weighted by atomic mass is 35.5. The summed E-state index contributed by atoms with van der Waals surface area (Å²) in [6, 6.07) is 15.9. The van der Waals surface area contributed by atoms with E-state index in [1.165, 1.54) is 0 Å². The number of hydrogen-bond donors (Lipinski definition) is 1. The van der Waals surface area contributed by atoms with Gasteiger partial charge in [-0.2, -0.15) is 0 Å². The molecule has 0 aliphatic heterocycles. The molecule has 1 N–H and O–H groups in total. The van der Waals surface area contributed by atoms with Crippen LogP contribution in [0.1, 0.15) is 28.9 Å². The Hall–Kier alpha value is -1.64. The highest BCUT2D eigenvalue weighted by Crippen LogP contribution is 2.26. The van der Waals surface area contributed by atoms with E-state index in [1.807, 2.05) is 18.2 Å².